The Hall–Kier alpha value is -2.34. The summed E-state index contributed by atoms with van der Waals surface area (Å²) in [6, 6.07) is 10.9. The number of carboxylic acids is 1. The molecule has 0 fully saturated rings. The number of hydrogen-bond donors (Lipinski definition) is 2. The number of nitrogens with one attached hydrogen (secondary N) is 1. The molecule has 0 aliphatic heterocycles. The van der Waals surface area contributed by atoms with Crippen LogP contribution in [0.15, 0.2) is 47.6 Å². The standard InChI is InChI=1S/C17H16N2O3S/c1-23-15-13(7-4-8-18-15)14(20)19-17(16(21)22)9-11-5-2-3-6-12(11)10-17/h2-8H,9-10H2,1H3,(H,19,20)(H,21,22). The van der Waals surface area contributed by atoms with Crippen molar-refractivity contribution in [1.82, 2.24) is 10.3 Å². The van der Waals surface area contributed by atoms with Crippen LogP contribution >= 0.6 is 11.8 Å². The molecule has 5 nitrogen and oxygen atoms in total. The van der Waals surface area contributed by atoms with Crippen LogP contribution in [0.2, 0.25) is 0 Å². The van der Waals surface area contributed by atoms with Crippen LogP contribution in [0.5, 0.6) is 0 Å². The number of carbonyl (C=O) groups excluding carboxylic acids is 1. The van der Waals surface area contributed by atoms with E-state index in [1.54, 1.807) is 18.3 Å². The molecule has 1 aromatic carbocycles. The summed E-state index contributed by atoms with van der Waals surface area (Å²) in [5.41, 5.74) is 1.03. The molecule has 1 heterocycles. The first-order chi connectivity index (χ1) is 11.1. The second-order valence-corrected chi connectivity index (χ2v) is 6.32. The van der Waals surface area contributed by atoms with E-state index in [9.17, 15) is 14.7 Å². The van der Waals surface area contributed by atoms with E-state index in [-0.39, 0.29) is 0 Å². The number of pyridine rings is 1. The lowest BCUT2D eigenvalue weighted by molar-refractivity contribution is -0.144. The number of hydrogen-bond acceptors (Lipinski definition) is 4. The van der Waals surface area contributed by atoms with Crippen LogP contribution in [0.25, 0.3) is 0 Å². The Balaban J connectivity index is 1.90. The quantitative estimate of drug-likeness (QED) is 0.841. The molecule has 0 unspecified atom stereocenters. The van der Waals surface area contributed by atoms with Crippen LogP contribution in [0.1, 0.15) is 21.5 Å². The third-order valence-corrected chi connectivity index (χ3v) is 4.79. The summed E-state index contributed by atoms with van der Waals surface area (Å²) in [5.74, 6) is -1.42. The number of aromatic nitrogens is 1. The lowest BCUT2D eigenvalue weighted by Gasteiger charge is -2.25. The fourth-order valence-corrected chi connectivity index (χ4v) is 3.47. The number of nitrogens with zero attached hydrogens (tertiary/aromatic N) is 1. The summed E-state index contributed by atoms with van der Waals surface area (Å²) >= 11 is 1.36. The molecule has 2 aromatic rings. The van der Waals surface area contributed by atoms with Gasteiger partial charge in [-0.1, -0.05) is 24.3 Å². The van der Waals surface area contributed by atoms with Crippen molar-refractivity contribution in [2.75, 3.05) is 6.26 Å². The Morgan fingerprint density at radius 2 is 1.83 bits per heavy atom. The molecule has 0 radical (unpaired) electrons. The zero-order valence-corrected chi connectivity index (χ0v) is 13.4. The molecule has 23 heavy (non-hydrogen) atoms. The summed E-state index contributed by atoms with van der Waals surface area (Å²) < 4.78 is 0. The average molecular weight is 328 g/mol. The van der Waals surface area contributed by atoms with Gasteiger partial charge in [0.1, 0.15) is 10.6 Å². The monoisotopic (exact) mass is 328 g/mol. The molecule has 1 aliphatic carbocycles. The number of amides is 1. The lowest BCUT2D eigenvalue weighted by atomic mass is 9.95. The summed E-state index contributed by atoms with van der Waals surface area (Å²) in [4.78, 5) is 28.6. The Kier molecular flexibility index (Phi) is 4.09. The van der Waals surface area contributed by atoms with Crippen LogP contribution in [-0.4, -0.2) is 33.8 Å². The average Bonchev–Trinajstić information content (AvgIpc) is 2.94. The molecule has 0 spiro atoms. The van der Waals surface area contributed by atoms with Crippen molar-refractivity contribution in [3.8, 4) is 0 Å². The van der Waals surface area contributed by atoms with Gasteiger partial charge in [0.25, 0.3) is 5.91 Å². The molecular formula is C17H16N2O3S. The van der Waals surface area contributed by atoms with Crippen LogP contribution < -0.4 is 5.32 Å². The summed E-state index contributed by atoms with van der Waals surface area (Å²) in [5, 5.41) is 13.0. The van der Waals surface area contributed by atoms with Crippen molar-refractivity contribution < 1.29 is 14.7 Å². The molecule has 6 heteroatoms. The minimum Gasteiger partial charge on any atom is -0.479 e. The van der Waals surface area contributed by atoms with Crippen molar-refractivity contribution in [2.45, 2.75) is 23.4 Å². The lowest BCUT2D eigenvalue weighted by Crippen LogP contribution is -2.55. The van der Waals surface area contributed by atoms with Crippen molar-refractivity contribution in [3.63, 3.8) is 0 Å². The van der Waals surface area contributed by atoms with Gasteiger partial charge in [0.2, 0.25) is 0 Å². The van der Waals surface area contributed by atoms with E-state index in [4.69, 9.17) is 0 Å². The van der Waals surface area contributed by atoms with Crippen molar-refractivity contribution in [1.29, 1.82) is 0 Å². The van der Waals surface area contributed by atoms with Crippen molar-refractivity contribution in [3.05, 3.63) is 59.3 Å². The van der Waals surface area contributed by atoms with Gasteiger partial charge in [-0.15, -0.1) is 11.8 Å². The summed E-state index contributed by atoms with van der Waals surface area (Å²) in [7, 11) is 0. The minimum absolute atomic E-state index is 0.291. The topological polar surface area (TPSA) is 79.3 Å². The molecule has 2 N–H and O–H groups in total. The van der Waals surface area contributed by atoms with E-state index in [0.29, 0.717) is 23.4 Å². The number of carboxylic acid groups (broad SMARTS) is 1. The van der Waals surface area contributed by atoms with Crippen molar-refractivity contribution >= 4 is 23.6 Å². The number of carbonyl (C=O) groups is 2. The highest BCUT2D eigenvalue weighted by molar-refractivity contribution is 7.98. The smallest absolute Gasteiger partial charge is 0.330 e. The van der Waals surface area contributed by atoms with Crippen LogP contribution in [0.3, 0.4) is 0 Å². The van der Waals surface area contributed by atoms with E-state index < -0.39 is 17.4 Å². The van der Waals surface area contributed by atoms with Gasteiger partial charge < -0.3 is 10.4 Å². The van der Waals surface area contributed by atoms with E-state index >= 15 is 0 Å². The highest BCUT2D eigenvalue weighted by Gasteiger charge is 2.45. The highest BCUT2D eigenvalue weighted by atomic mass is 32.2. The zero-order chi connectivity index (χ0) is 16.4. The zero-order valence-electron chi connectivity index (χ0n) is 12.6. The summed E-state index contributed by atoms with van der Waals surface area (Å²) in [6.45, 7) is 0. The minimum atomic E-state index is -1.30. The Labute approximate surface area is 138 Å². The maximum Gasteiger partial charge on any atom is 0.330 e. The number of benzene rings is 1. The number of aliphatic carboxylic acids is 1. The maximum atomic E-state index is 12.6. The fraction of sp³-hybridized carbons (Fsp3) is 0.235. The number of fused-ring (bicyclic) bond motifs is 1. The first-order valence-electron chi connectivity index (χ1n) is 7.17. The third-order valence-electron chi connectivity index (χ3n) is 4.07. The van der Waals surface area contributed by atoms with Crippen LogP contribution in [0, 0.1) is 0 Å². The van der Waals surface area contributed by atoms with Gasteiger partial charge in [0.05, 0.1) is 5.56 Å². The molecular weight excluding hydrogens is 312 g/mol. The summed E-state index contributed by atoms with van der Waals surface area (Å²) in [6.07, 6.45) is 4.02. The molecule has 118 valence electrons. The van der Waals surface area contributed by atoms with E-state index in [1.165, 1.54) is 11.8 Å². The van der Waals surface area contributed by atoms with Gasteiger partial charge in [-0.05, 0) is 29.5 Å². The highest BCUT2D eigenvalue weighted by Crippen LogP contribution is 2.31. The van der Waals surface area contributed by atoms with E-state index in [2.05, 4.69) is 10.3 Å². The van der Waals surface area contributed by atoms with Crippen LogP contribution in [-0.2, 0) is 17.6 Å². The molecule has 1 amide bonds. The van der Waals surface area contributed by atoms with Gasteiger partial charge >= 0.3 is 5.97 Å². The predicted octanol–water partition coefficient (Wildman–Crippen LogP) is 2.16. The molecule has 1 aliphatic rings. The van der Waals surface area contributed by atoms with E-state index in [0.717, 1.165) is 11.1 Å². The van der Waals surface area contributed by atoms with Crippen LogP contribution in [0.4, 0.5) is 0 Å². The number of thioether (sulfide) groups is 1. The molecule has 0 bridgehead atoms. The molecule has 1 aromatic heterocycles. The molecule has 0 atom stereocenters. The number of rotatable bonds is 4. The first-order valence-corrected chi connectivity index (χ1v) is 8.40. The second kappa shape index (κ2) is 6.04. The van der Waals surface area contributed by atoms with Gasteiger partial charge in [0, 0.05) is 19.0 Å². The predicted molar refractivity (Wildman–Crippen MR) is 87.7 cm³/mol. The normalized spacial score (nSPS) is 15.0. The van der Waals surface area contributed by atoms with E-state index in [1.807, 2.05) is 30.5 Å². The Bertz CT molecular complexity index is 751. The largest absolute Gasteiger partial charge is 0.479 e. The molecule has 0 saturated carbocycles. The third kappa shape index (κ3) is 2.82. The fourth-order valence-electron chi connectivity index (χ4n) is 2.92. The van der Waals surface area contributed by atoms with Gasteiger partial charge in [-0.3, -0.25) is 4.79 Å². The Morgan fingerprint density at radius 3 is 2.39 bits per heavy atom. The molecule has 3 rings (SSSR count). The van der Waals surface area contributed by atoms with Gasteiger partial charge in [-0.25, -0.2) is 9.78 Å². The van der Waals surface area contributed by atoms with Crippen molar-refractivity contribution in [2.24, 2.45) is 0 Å². The molecule has 0 saturated heterocycles. The first kappa shape index (κ1) is 15.6. The maximum absolute atomic E-state index is 12.6. The Morgan fingerprint density at radius 1 is 1.17 bits per heavy atom. The van der Waals surface area contributed by atoms with Gasteiger partial charge in [0.15, 0.2) is 0 Å². The SMILES string of the molecule is CSc1ncccc1C(=O)NC1(C(=O)O)Cc2ccccc2C1. The van der Waals surface area contributed by atoms with Gasteiger partial charge in [-0.2, -0.15) is 0 Å². The second-order valence-electron chi connectivity index (χ2n) is 5.52.